The van der Waals surface area contributed by atoms with Crippen LogP contribution in [0.1, 0.15) is 27.6 Å². The van der Waals surface area contributed by atoms with Gasteiger partial charge in [-0.3, -0.25) is 9.59 Å². The Labute approximate surface area is 151 Å². The van der Waals surface area contributed by atoms with Crippen LogP contribution >= 0.6 is 0 Å². The summed E-state index contributed by atoms with van der Waals surface area (Å²) < 4.78 is 2.27. The van der Waals surface area contributed by atoms with Crippen molar-refractivity contribution >= 4 is 39.7 Å². The van der Waals surface area contributed by atoms with E-state index in [1.165, 1.54) is 10.9 Å². The van der Waals surface area contributed by atoms with Crippen LogP contribution in [0.15, 0.2) is 66.7 Å². The number of hydrogen-bond donors (Lipinski definition) is 1. The molecule has 1 aromatic heterocycles. The number of carbonyl (C=O) groups is 2. The first-order valence-electron chi connectivity index (χ1n) is 8.59. The molecule has 0 spiro atoms. The molecule has 0 aliphatic rings. The molecule has 0 fully saturated rings. The van der Waals surface area contributed by atoms with Crippen molar-refractivity contribution in [2.75, 3.05) is 5.32 Å². The van der Waals surface area contributed by atoms with Gasteiger partial charge in [0, 0.05) is 45.2 Å². The van der Waals surface area contributed by atoms with Gasteiger partial charge in [0.05, 0.1) is 0 Å². The first-order chi connectivity index (χ1) is 12.7. The van der Waals surface area contributed by atoms with Gasteiger partial charge in [0.15, 0.2) is 0 Å². The number of para-hydroxylation sites is 1. The van der Waals surface area contributed by atoms with Crippen molar-refractivity contribution in [1.29, 1.82) is 0 Å². The van der Waals surface area contributed by atoms with Gasteiger partial charge in [-0.05, 0) is 43.3 Å². The van der Waals surface area contributed by atoms with E-state index >= 15 is 0 Å². The number of nitrogens with one attached hydrogen (secondary N) is 1. The zero-order chi connectivity index (χ0) is 18.1. The molecule has 0 unspecified atom stereocenters. The molecular formula is C22H18N2O2. The number of aldehydes is 1. The molecule has 0 saturated carbocycles. The summed E-state index contributed by atoms with van der Waals surface area (Å²) in [6, 6.07) is 20.9. The Hall–Kier alpha value is -3.40. The molecule has 0 radical (unpaired) electrons. The Morgan fingerprint density at radius 3 is 2.58 bits per heavy atom. The minimum absolute atomic E-state index is 0.229. The van der Waals surface area contributed by atoms with Crippen molar-refractivity contribution in [3.8, 4) is 0 Å². The number of aryl methyl sites for hydroxylation is 1. The number of hydrogen-bond acceptors (Lipinski definition) is 2. The minimum Gasteiger partial charge on any atom is -0.341 e. The standard InChI is InChI=1S/C22H18N2O2/c1-2-24-20-9-4-3-8-18(20)19-13-17(10-11-21(19)24)23-22(26)16-7-5-6-15(12-16)14-25/h3-14H,2H2,1H3,(H,23,26). The van der Waals surface area contributed by atoms with Crippen molar-refractivity contribution in [2.24, 2.45) is 0 Å². The highest BCUT2D eigenvalue weighted by Gasteiger charge is 2.11. The summed E-state index contributed by atoms with van der Waals surface area (Å²) in [5.74, 6) is -0.229. The van der Waals surface area contributed by atoms with Gasteiger partial charge in [0.2, 0.25) is 0 Å². The van der Waals surface area contributed by atoms with Gasteiger partial charge in [-0.1, -0.05) is 30.3 Å². The first-order valence-corrected chi connectivity index (χ1v) is 8.59. The molecule has 1 N–H and O–H groups in total. The van der Waals surface area contributed by atoms with E-state index in [-0.39, 0.29) is 5.91 Å². The third-order valence-corrected chi connectivity index (χ3v) is 4.63. The highest BCUT2D eigenvalue weighted by Crippen LogP contribution is 2.31. The van der Waals surface area contributed by atoms with Crippen LogP contribution in [0, 0.1) is 0 Å². The molecule has 0 aliphatic heterocycles. The Kier molecular flexibility index (Phi) is 4.01. The van der Waals surface area contributed by atoms with Crippen molar-refractivity contribution in [2.45, 2.75) is 13.5 Å². The van der Waals surface area contributed by atoms with E-state index in [0.29, 0.717) is 11.1 Å². The highest BCUT2D eigenvalue weighted by molar-refractivity contribution is 6.11. The monoisotopic (exact) mass is 342 g/mol. The Bertz CT molecular complexity index is 1140. The predicted molar refractivity (Wildman–Crippen MR) is 105 cm³/mol. The van der Waals surface area contributed by atoms with E-state index in [1.54, 1.807) is 24.3 Å². The third kappa shape index (κ3) is 2.65. The summed E-state index contributed by atoms with van der Waals surface area (Å²) in [6.45, 7) is 3.01. The second kappa shape index (κ2) is 6.48. The minimum atomic E-state index is -0.229. The van der Waals surface area contributed by atoms with Crippen molar-refractivity contribution in [1.82, 2.24) is 4.57 Å². The topological polar surface area (TPSA) is 51.1 Å². The van der Waals surface area contributed by atoms with Gasteiger partial charge in [0.1, 0.15) is 6.29 Å². The molecule has 1 heterocycles. The average molecular weight is 342 g/mol. The Balaban J connectivity index is 1.74. The number of anilines is 1. The van der Waals surface area contributed by atoms with Crippen LogP contribution < -0.4 is 5.32 Å². The molecule has 0 saturated heterocycles. The van der Waals surface area contributed by atoms with Crippen LogP contribution in [0.5, 0.6) is 0 Å². The normalized spacial score (nSPS) is 11.0. The van der Waals surface area contributed by atoms with E-state index in [0.717, 1.165) is 29.4 Å². The lowest BCUT2D eigenvalue weighted by Crippen LogP contribution is -2.12. The van der Waals surface area contributed by atoms with Crippen molar-refractivity contribution < 1.29 is 9.59 Å². The summed E-state index contributed by atoms with van der Waals surface area (Å²) in [5.41, 5.74) is 4.02. The highest BCUT2D eigenvalue weighted by atomic mass is 16.1. The number of fused-ring (bicyclic) bond motifs is 3. The number of carbonyl (C=O) groups excluding carboxylic acids is 2. The Morgan fingerprint density at radius 2 is 1.77 bits per heavy atom. The van der Waals surface area contributed by atoms with Gasteiger partial charge in [-0.25, -0.2) is 0 Å². The lowest BCUT2D eigenvalue weighted by molar-refractivity contribution is 0.102. The van der Waals surface area contributed by atoms with E-state index in [9.17, 15) is 9.59 Å². The van der Waals surface area contributed by atoms with E-state index in [4.69, 9.17) is 0 Å². The zero-order valence-electron chi connectivity index (χ0n) is 14.4. The maximum absolute atomic E-state index is 12.5. The summed E-state index contributed by atoms with van der Waals surface area (Å²) >= 11 is 0. The van der Waals surface area contributed by atoms with Gasteiger partial charge in [-0.15, -0.1) is 0 Å². The number of benzene rings is 3. The fourth-order valence-electron chi connectivity index (χ4n) is 3.43. The van der Waals surface area contributed by atoms with Gasteiger partial charge in [0.25, 0.3) is 5.91 Å². The fraction of sp³-hybridized carbons (Fsp3) is 0.0909. The lowest BCUT2D eigenvalue weighted by atomic mass is 10.1. The third-order valence-electron chi connectivity index (χ3n) is 4.63. The summed E-state index contributed by atoms with van der Waals surface area (Å²) in [6.07, 6.45) is 0.739. The molecule has 0 aliphatic carbocycles. The molecule has 1 amide bonds. The van der Waals surface area contributed by atoms with E-state index < -0.39 is 0 Å². The van der Waals surface area contributed by atoms with Crippen LogP contribution in [0.3, 0.4) is 0 Å². The number of nitrogens with zero attached hydrogens (tertiary/aromatic N) is 1. The van der Waals surface area contributed by atoms with Crippen LogP contribution in [0.2, 0.25) is 0 Å². The quantitative estimate of drug-likeness (QED) is 0.537. The van der Waals surface area contributed by atoms with Gasteiger partial charge < -0.3 is 9.88 Å². The van der Waals surface area contributed by atoms with Crippen molar-refractivity contribution in [3.05, 3.63) is 77.9 Å². The Morgan fingerprint density at radius 1 is 0.962 bits per heavy atom. The van der Waals surface area contributed by atoms with E-state index in [2.05, 4.69) is 28.9 Å². The molecular weight excluding hydrogens is 324 g/mol. The molecule has 0 atom stereocenters. The zero-order valence-corrected chi connectivity index (χ0v) is 14.4. The predicted octanol–water partition coefficient (Wildman–Crippen LogP) is 4.88. The molecule has 4 rings (SSSR count). The van der Waals surface area contributed by atoms with Gasteiger partial charge >= 0.3 is 0 Å². The van der Waals surface area contributed by atoms with Crippen LogP contribution in [-0.4, -0.2) is 16.8 Å². The fourth-order valence-corrected chi connectivity index (χ4v) is 3.43. The van der Waals surface area contributed by atoms with Crippen LogP contribution in [0.25, 0.3) is 21.8 Å². The maximum atomic E-state index is 12.5. The number of rotatable bonds is 4. The van der Waals surface area contributed by atoms with E-state index in [1.807, 2.05) is 30.3 Å². The molecule has 128 valence electrons. The number of amides is 1. The second-order valence-corrected chi connectivity index (χ2v) is 6.19. The number of aromatic nitrogens is 1. The maximum Gasteiger partial charge on any atom is 0.255 e. The van der Waals surface area contributed by atoms with Crippen LogP contribution in [-0.2, 0) is 6.54 Å². The molecule has 4 aromatic rings. The van der Waals surface area contributed by atoms with Gasteiger partial charge in [-0.2, -0.15) is 0 Å². The summed E-state index contributed by atoms with van der Waals surface area (Å²) in [7, 11) is 0. The molecule has 26 heavy (non-hydrogen) atoms. The molecule has 0 bridgehead atoms. The smallest absolute Gasteiger partial charge is 0.255 e. The lowest BCUT2D eigenvalue weighted by Gasteiger charge is -2.07. The summed E-state index contributed by atoms with van der Waals surface area (Å²) in [5, 5.41) is 5.21. The average Bonchev–Trinajstić information content (AvgIpc) is 3.01. The molecule has 3 aromatic carbocycles. The SMILES string of the molecule is CCn1c2ccccc2c2cc(NC(=O)c3cccc(C=O)c3)ccc21. The van der Waals surface area contributed by atoms with Crippen LogP contribution in [0.4, 0.5) is 5.69 Å². The largest absolute Gasteiger partial charge is 0.341 e. The molecule has 4 nitrogen and oxygen atoms in total. The molecule has 4 heteroatoms. The summed E-state index contributed by atoms with van der Waals surface area (Å²) in [4.78, 5) is 23.4. The van der Waals surface area contributed by atoms with Crippen molar-refractivity contribution in [3.63, 3.8) is 0 Å². The second-order valence-electron chi connectivity index (χ2n) is 6.19. The first kappa shape index (κ1) is 16.1.